The summed E-state index contributed by atoms with van der Waals surface area (Å²) >= 11 is 0. The summed E-state index contributed by atoms with van der Waals surface area (Å²) in [6.07, 6.45) is 6.26. The van der Waals surface area contributed by atoms with E-state index in [-0.39, 0.29) is 11.4 Å². The van der Waals surface area contributed by atoms with E-state index in [0.29, 0.717) is 33.8 Å². The molecule has 0 aliphatic heterocycles. The maximum Gasteiger partial charge on any atom is 0.269 e. The Morgan fingerprint density at radius 2 is 0.953 bits per heavy atom. The molecule has 0 saturated carbocycles. The van der Waals surface area contributed by atoms with Gasteiger partial charge in [-0.25, -0.2) is 8.42 Å². The van der Waals surface area contributed by atoms with Crippen LogP contribution in [0, 0.1) is 20.2 Å². The summed E-state index contributed by atoms with van der Waals surface area (Å²) in [4.78, 5) is 21.5. The van der Waals surface area contributed by atoms with Crippen LogP contribution in [0.4, 0.5) is 11.4 Å². The number of nitro benzene ring substituents is 2. The number of benzene rings is 4. The smallest absolute Gasteiger partial charge is 0.269 e. The molecule has 2 unspecified atom stereocenters. The zero-order valence-corrected chi connectivity index (χ0v) is 24.1. The number of hydrogen-bond donors (Lipinski definition) is 0. The Morgan fingerprint density at radius 3 is 1.28 bits per heavy atom. The summed E-state index contributed by atoms with van der Waals surface area (Å²) in [6, 6.07) is 24.8. The lowest BCUT2D eigenvalue weighted by atomic mass is 10.1. The number of nitro groups is 2. The molecule has 2 atom stereocenters. The Morgan fingerprint density at radius 1 is 0.605 bits per heavy atom. The molecule has 0 aromatic heterocycles. The van der Waals surface area contributed by atoms with Gasteiger partial charge in [-0.2, -0.15) is 0 Å². The fraction of sp³-hybridized carbons (Fsp3) is 0.125. The zero-order chi connectivity index (χ0) is 31.0. The van der Waals surface area contributed by atoms with Crippen LogP contribution in [0.3, 0.4) is 0 Å². The molecule has 0 fully saturated rings. The summed E-state index contributed by atoms with van der Waals surface area (Å²) in [5, 5.41) is 20.1. The molecule has 4 aromatic carbocycles. The van der Waals surface area contributed by atoms with Crippen molar-refractivity contribution >= 4 is 33.4 Å². The van der Waals surface area contributed by atoms with Crippen molar-refractivity contribution in [3.05, 3.63) is 152 Å². The van der Waals surface area contributed by atoms with E-state index in [4.69, 9.17) is 9.47 Å². The Balaban J connectivity index is 1.89. The Bertz CT molecular complexity index is 1640. The van der Waals surface area contributed by atoms with Gasteiger partial charge in [0.15, 0.2) is 9.84 Å². The van der Waals surface area contributed by atoms with Gasteiger partial charge in [0.05, 0.1) is 24.1 Å². The highest BCUT2D eigenvalue weighted by Gasteiger charge is 2.34. The van der Waals surface area contributed by atoms with Crippen LogP contribution in [-0.4, -0.2) is 32.5 Å². The molecule has 0 aliphatic carbocycles. The van der Waals surface area contributed by atoms with Crippen molar-refractivity contribution in [2.75, 3.05) is 14.2 Å². The van der Waals surface area contributed by atoms with Crippen molar-refractivity contribution in [3.8, 4) is 11.5 Å². The van der Waals surface area contributed by atoms with E-state index >= 15 is 0 Å². The molecular formula is C32H28N2O8S. The maximum atomic E-state index is 14.6. The first kappa shape index (κ1) is 30.7. The predicted octanol–water partition coefficient (Wildman–Crippen LogP) is 7.14. The van der Waals surface area contributed by atoms with E-state index in [2.05, 4.69) is 0 Å². The topological polar surface area (TPSA) is 139 Å². The number of nitrogens with zero attached hydrogens (tertiary/aromatic N) is 2. The van der Waals surface area contributed by atoms with Crippen molar-refractivity contribution < 1.29 is 27.7 Å². The van der Waals surface area contributed by atoms with Crippen molar-refractivity contribution in [2.45, 2.75) is 10.5 Å². The van der Waals surface area contributed by atoms with Gasteiger partial charge in [-0.3, -0.25) is 20.2 Å². The van der Waals surface area contributed by atoms with Crippen LogP contribution in [-0.2, 0) is 9.84 Å². The van der Waals surface area contributed by atoms with E-state index < -0.39 is 30.2 Å². The second-order valence-electron chi connectivity index (χ2n) is 9.33. The minimum atomic E-state index is -4.21. The van der Waals surface area contributed by atoms with Crippen LogP contribution in [0.2, 0.25) is 0 Å². The highest BCUT2D eigenvalue weighted by molar-refractivity contribution is 7.92. The van der Waals surface area contributed by atoms with Gasteiger partial charge in [0.2, 0.25) is 0 Å². The van der Waals surface area contributed by atoms with E-state index in [1.165, 1.54) is 74.9 Å². The summed E-state index contributed by atoms with van der Waals surface area (Å²) in [5.41, 5.74) is 1.49. The average molecular weight is 601 g/mol. The van der Waals surface area contributed by atoms with Crippen molar-refractivity contribution in [3.63, 3.8) is 0 Å². The number of rotatable bonds is 12. The molecular weight excluding hydrogens is 572 g/mol. The SMILES string of the molecule is COc1ccccc1C=CC(c1ccc([N+](=O)[O-])cc1)S(=O)(=O)C(C=Cc1ccccc1OC)c1ccc([N+](=O)[O-])cc1. The van der Waals surface area contributed by atoms with Gasteiger partial charge in [0.25, 0.3) is 11.4 Å². The third kappa shape index (κ3) is 7.14. The number of methoxy groups -OCH3 is 2. The van der Waals surface area contributed by atoms with Gasteiger partial charge in [0.1, 0.15) is 22.0 Å². The van der Waals surface area contributed by atoms with Crippen LogP contribution < -0.4 is 9.47 Å². The van der Waals surface area contributed by atoms with Crippen LogP contribution in [0.1, 0.15) is 32.8 Å². The second kappa shape index (κ2) is 13.6. The minimum Gasteiger partial charge on any atom is -0.496 e. The monoisotopic (exact) mass is 600 g/mol. The molecule has 220 valence electrons. The van der Waals surface area contributed by atoms with Gasteiger partial charge >= 0.3 is 0 Å². The minimum absolute atomic E-state index is 0.184. The van der Waals surface area contributed by atoms with Crippen molar-refractivity contribution in [1.82, 2.24) is 0 Å². The number of para-hydroxylation sites is 2. The molecule has 0 N–H and O–H groups in total. The molecule has 0 spiro atoms. The summed E-state index contributed by atoms with van der Waals surface area (Å²) in [6.45, 7) is 0. The molecule has 4 aromatic rings. The van der Waals surface area contributed by atoms with Crippen LogP contribution in [0.25, 0.3) is 12.2 Å². The molecule has 4 rings (SSSR count). The number of non-ortho nitro benzene ring substituents is 2. The van der Waals surface area contributed by atoms with Crippen molar-refractivity contribution in [2.24, 2.45) is 0 Å². The Kier molecular flexibility index (Phi) is 9.68. The third-order valence-corrected chi connectivity index (χ3v) is 9.03. The number of hydrogen-bond acceptors (Lipinski definition) is 8. The van der Waals surface area contributed by atoms with E-state index in [9.17, 15) is 28.6 Å². The molecule has 0 bridgehead atoms. The van der Waals surface area contributed by atoms with Crippen LogP contribution in [0.5, 0.6) is 11.5 Å². The molecule has 0 heterocycles. The Labute approximate surface area is 248 Å². The predicted molar refractivity (Wildman–Crippen MR) is 165 cm³/mol. The lowest BCUT2D eigenvalue weighted by Gasteiger charge is -2.22. The van der Waals surface area contributed by atoms with E-state index in [1.54, 1.807) is 60.7 Å². The molecule has 43 heavy (non-hydrogen) atoms. The molecule has 0 radical (unpaired) electrons. The fourth-order valence-corrected chi connectivity index (χ4v) is 6.52. The number of ether oxygens (including phenoxy) is 2. The van der Waals surface area contributed by atoms with Gasteiger partial charge in [-0.05, 0) is 23.3 Å². The van der Waals surface area contributed by atoms with Crippen LogP contribution in [0.15, 0.2) is 109 Å². The molecule has 0 saturated heterocycles. The normalized spacial score (nSPS) is 13.1. The van der Waals surface area contributed by atoms with Crippen LogP contribution >= 0.6 is 0 Å². The highest BCUT2D eigenvalue weighted by Crippen LogP contribution is 2.39. The Hall–Kier alpha value is -5.29. The quantitative estimate of drug-likeness (QED) is 0.123. The van der Waals surface area contributed by atoms with Gasteiger partial charge < -0.3 is 9.47 Å². The van der Waals surface area contributed by atoms with Gasteiger partial charge in [-0.1, -0.05) is 85.0 Å². The summed E-state index contributed by atoms with van der Waals surface area (Å²) in [5.74, 6) is 1.06. The highest BCUT2D eigenvalue weighted by atomic mass is 32.2. The van der Waals surface area contributed by atoms with Gasteiger partial charge in [0, 0.05) is 35.4 Å². The molecule has 0 aliphatic rings. The summed E-state index contributed by atoms with van der Waals surface area (Å²) in [7, 11) is -1.20. The fourth-order valence-electron chi connectivity index (χ4n) is 4.54. The zero-order valence-electron chi connectivity index (χ0n) is 23.3. The maximum absolute atomic E-state index is 14.6. The first-order chi connectivity index (χ1) is 20.6. The lowest BCUT2D eigenvalue weighted by Crippen LogP contribution is -2.19. The second-order valence-corrected chi connectivity index (χ2v) is 11.5. The molecule has 10 nitrogen and oxygen atoms in total. The van der Waals surface area contributed by atoms with Gasteiger partial charge in [-0.15, -0.1) is 0 Å². The largest absolute Gasteiger partial charge is 0.496 e. The standard InChI is InChI=1S/C32H28N2O8S/c1-41-29-9-5-3-7-23(29)15-21-31(25-11-17-27(18-12-25)33(35)36)43(39,40)32(26-13-19-28(20-14-26)34(37)38)22-16-24-8-4-6-10-30(24)42-2/h3-22,31-32H,1-2H3. The first-order valence-corrected chi connectivity index (χ1v) is 14.6. The lowest BCUT2D eigenvalue weighted by molar-refractivity contribution is -0.385. The number of sulfone groups is 1. The van der Waals surface area contributed by atoms with E-state index in [0.717, 1.165) is 0 Å². The third-order valence-electron chi connectivity index (χ3n) is 6.75. The average Bonchev–Trinajstić information content (AvgIpc) is 3.02. The summed E-state index contributed by atoms with van der Waals surface area (Å²) < 4.78 is 40.0. The van der Waals surface area contributed by atoms with E-state index in [1.807, 2.05) is 0 Å². The molecule has 11 heteroatoms. The first-order valence-electron chi connectivity index (χ1n) is 13.0. The van der Waals surface area contributed by atoms with Crippen molar-refractivity contribution in [1.29, 1.82) is 0 Å². The molecule has 0 amide bonds.